The minimum atomic E-state index is -0.173. The monoisotopic (exact) mass is 356 g/mol. The van der Waals surface area contributed by atoms with Gasteiger partial charge >= 0.3 is 0 Å². The number of aromatic nitrogens is 3. The maximum Gasteiger partial charge on any atom is 0.258 e. The highest BCUT2D eigenvalue weighted by Gasteiger charge is 2.16. The van der Waals surface area contributed by atoms with E-state index in [-0.39, 0.29) is 18.6 Å². The molecule has 138 valence electrons. The Bertz CT molecular complexity index is 899. The van der Waals surface area contributed by atoms with Gasteiger partial charge in [-0.05, 0) is 51.0 Å². The van der Waals surface area contributed by atoms with Crippen LogP contribution in [0.25, 0.3) is 11.0 Å². The highest BCUT2D eigenvalue weighted by Crippen LogP contribution is 2.26. The first-order valence-electron chi connectivity index (χ1n) is 8.69. The maximum absolute atomic E-state index is 12.2. The third-order valence-electron chi connectivity index (χ3n) is 4.24. The van der Waals surface area contributed by atoms with Gasteiger partial charge in [0.25, 0.3) is 5.91 Å². The van der Waals surface area contributed by atoms with Crippen LogP contribution in [0.1, 0.15) is 30.4 Å². The molecule has 1 amide bonds. The van der Waals surface area contributed by atoms with Gasteiger partial charge in [0.2, 0.25) is 5.88 Å². The summed E-state index contributed by atoms with van der Waals surface area (Å²) in [4.78, 5) is 16.7. The summed E-state index contributed by atoms with van der Waals surface area (Å²) < 4.78 is 12.6. The molecule has 3 heterocycles. The lowest BCUT2D eigenvalue weighted by Gasteiger charge is -2.13. The first kappa shape index (κ1) is 18.0. The molecule has 1 N–H and O–H groups in total. The second-order valence-corrected chi connectivity index (χ2v) is 6.58. The van der Waals surface area contributed by atoms with Gasteiger partial charge in [-0.1, -0.05) is 0 Å². The Morgan fingerprint density at radius 1 is 1.42 bits per heavy atom. The number of carbonyl (C=O) groups excluding carboxylic acids is 1. The number of hydrogen-bond acceptors (Lipinski definition) is 5. The standard InChI is InChI=1S/C19H24N4O3/c1-12-10-14(3)21-18-17(12)19(22-23(18)4)26-11-16(24)20-13(2)7-8-15-6-5-9-25-15/h5-6,9-10,13H,7-8,11H2,1-4H3,(H,20,24). The first-order chi connectivity index (χ1) is 12.4. The number of rotatable bonds is 7. The minimum absolute atomic E-state index is 0.0303. The van der Waals surface area contributed by atoms with E-state index in [9.17, 15) is 4.79 Å². The second kappa shape index (κ2) is 7.59. The van der Waals surface area contributed by atoms with E-state index in [1.54, 1.807) is 10.9 Å². The van der Waals surface area contributed by atoms with Crippen molar-refractivity contribution in [3.8, 4) is 5.88 Å². The molecule has 0 fully saturated rings. The molecule has 7 heteroatoms. The summed E-state index contributed by atoms with van der Waals surface area (Å²) in [5.41, 5.74) is 2.71. The van der Waals surface area contributed by atoms with Gasteiger partial charge in [0.1, 0.15) is 5.76 Å². The molecule has 7 nitrogen and oxygen atoms in total. The summed E-state index contributed by atoms with van der Waals surface area (Å²) in [6.45, 7) is 5.82. The van der Waals surface area contributed by atoms with Crippen molar-refractivity contribution in [1.29, 1.82) is 0 Å². The Morgan fingerprint density at radius 3 is 2.96 bits per heavy atom. The zero-order chi connectivity index (χ0) is 18.7. The van der Waals surface area contributed by atoms with E-state index in [1.807, 2.05) is 46.0 Å². The van der Waals surface area contributed by atoms with E-state index in [2.05, 4.69) is 15.4 Å². The lowest BCUT2D eigenvalue weighted by atomic mass is 10.1. The number of aryl methyl sites for hydroxylation is 4. The molecule has 0 aliphatic carbocycles. The fourth-order valence-electron chi connectivity index (χ4n) is 2.99. The fourth-order valence-corrected chi connectivity index (χ4v) is 2.99. The predicted molar refractivity (Wildman–Crippen MR) is 98.1 cm³/mol. The number of carbonyl (C=O) groups is 1. The third kappa shape index (κ3) is 4.04. The summed E-state index contributed by atoms with van der Waals surface area (Å²) in [6.07, 6.45) is 3.24. The molecule has 1 unspecified atom stereocenters. The van der Waals surface area contributed by atoms with Crippen LogP contribution in [0.2, 0.25) is 0 Å². The average Bonchev–Trinajstić information content (AvgIpc) is 3.19. The number of nitrogens with one attached hydrogen (secondary N) is 1. The molecule has 1 atom stereocenters. The predicted octanol–water partition coefficient (Wildman–Crippen LogP) is 2.69. The number of furan rings is 1. The molecule has 3 aromatic rings. The largest absolute Gasteiger partial charge is 0.469 e. The van der Waals surface area contributed by atoms with Gasteiger partial charge in [-0.3, -0.25) is 4.79 Å². The number of nitrogens with zero attached hydrogens (tertiary/aromatic N) is 3. The highest BCUT2D eigenvalue weighted by atomic mass is 16.5. The molecule has 0 bridgehead atoms. The Labute approximate surface area is 152 Å². The van der Waals surface area contributed by atoms with Crippen LogP contribution in [0.4, 0.5) is 0 Å². The van der Waals surface area contributed by atoms with Gasteiger partial charge in [0, 0.05) is 25.2 Å². The van der Waals surface area contributed by atoms with Crippen molar-refractivity contribution in [2.24, 2.45) is 7.05 Å². The smallest absolute Gasteiger partial charge is 0.258 e. The van der Waals surface area contributed by atoms with Gasteiger partial charge < -0.3 is 14.5 Å². The molecule has 0 saturated carbocycles. The quantitative estimate of drug-likeness (QED) is 0.704. The zero-order valence-corrected chi connectivity index (χ0v) is 15.6. The molecule has 0 aliphatic heterocycles. The maximum atomic E-state index is 12.2. The highest BCUT2D eigenvalue weighted by molar-refractivity contribution is 5.85. The van der Waals surface area contributed by atoms with Crippen molar-refractivity contribution in [2.75, 3.05) is 6.61 Å². The van der Waals surface area contributed by atoms with Crippen LogP contribution in [0.5, 0.6) is 5.88 Å². The molecule has 0 aromatic carbocycles. The molecule has 0 aliphatic rings. The van der Waals surface area contributed by atoms with Crippen molar-refractivity contribution < 1.29 is 13.9 Å². The number of pyridine rings is 1. The second-order valence-electron chi connectivity index (χ2n) is 6.58. The zero-order valence-electron chi connectivity index (χ0n) is 15.6. The SMILES string of the molecule is Cc1cc(C)c2c(OCC(=O)NC(C)CCc3ccco3)nn(C)c2n1. The Morgan fingerprint density at radius 2 is 2.23 bits per heavy atom. The number of ether oxygens (including phenoxy) is 1. The molecule has 0 saturated heterocycles. The summed E-state index contributed by atoms with van der Waals surface area (Å²) in [6, 6.07) is 5.81. The summed E-state index contributed by atoms with van der Waals surface area (Å²) in [5, 5.41) is 8.13. The summed E-state index contributed by atoms with van der Waals surface area (Å²) in [7, 11) is 1.82. The number of hydrogen-bond donors (Lipinski definition) is 1. The van der Waals surface area contributed by atoms with Crippen LogP contribution in [-0.2, 0) is 18.3 Å². The molecule has 0 radical (unpaired) electrons. The molecule has 3 rings (SSSR count). The lowest BCUT2D eigenvalue weighted by molar-refractivity contribution is -0.123. The van der Waals surface area contributed by atoms with E-state index in [4.69, 9.17) is 9.15 Å². The average molecular weight is 356 g/mol. The molecule has 0 spiro atoms. The van der Waals surface area contributed by atoms with Crippen LogP contribution in [0.15, 0.2) is 28.9 Å². The van der Waals surface area contributed by atoms with Crippen molar-refractivity contribution in [1.82, 2.24) is 20.1 Å². The van der Waals surface area contributed by atoms with Gasteiger partial charge in [0.05, 0.1) is 11.6 Å². The van der Waals surface area contributed by atoms with E-state index < -0.39 is 0 Å². The summed E-state index contributed by atoms with van der Waals surface area (Å²) >= 11 is 0. The van der Waals surface area contributed by atoms with E-state index in [1.165, 1.54) is 0 Å². The van der Waals surface area contributed by atoms with Crippen molar-refractivity contribution >= 4 is 16.9 Å². The number of amides is 1. The molecule has 26 heavy (non-hydrogen) atoms. The van der Waals surface area contributed by atoms with Crippen molar-refractivity contribution in [3.05, 3.63) is 41.5 Å². The van der Waals surface area contributed by atoms with Crippen LogP contribution < -0.4 is 10.1 Å². The number of fused-ring (bicyclic) bond motifs is 1. The Kier molecular flexibility index (Phi) is 5.25. The first-order valence-corrected chi connectivity index (χ1v) is 8.69. The van der Waals surface area contributed by atoms with Gasteiger partial charge in [-0.25, -0.2) is 9.67 Å². The van der Waals surface area contributed by atoms with Crippen LogP contribution in [-0.4, -0.2) is 33.3 Å². The van der Waals surface area contributed by atoms with Gasteiger partial charge in [-0.15, -0.1) is 5.10 Å². The van der Waals surface area contributed by atoms with E-state index in [0.29, 0.717) is 5.88 Å². The lowest BCUT2D eigenvalue weighted by Crippen LogP contribution is -2.36. The Balaban J connectivity index is 1.57. The summed E-state index contributed by atoms with van der Waals surface area (Å²) in [5.74, 6) is 1.18. The van der Waals surface area contributed by atoms with Crippen molar-refractivity contribution in [3.63, 3.8) is 0 Å². The van der Waals surface area contributed by atoms with Crippen LogP contribution >= 0.6 is 0 Å². The van der Waals surface area contributed by atoms with Crippen LogP contribution in [0, 0.1) is 13.8 Å². The normalized spacial score (nSPS) is 12.3. The van der Waals surface area contributed by atoms with E-state index in [0.717, 1.165) is 40.9 Å². The minimum Gasteiger partial charge on any atom is -0.469 e. The Hall–Kier alpha value is -2.83. The van der Waals surface area contributed by atoms with Crippen molar-refractivity contribution in [2.45, 2.75) is 39.7 Å². The van der Waals surface area contributed by atoms with Gasteiger partial charge in [-0.2, -0.15) is 0 Å². The molecule has 3 aromatic heterocycles. The third-order valence-corrected chi connectivity index (χ3v) is 4.24. The molecular weight excluding hydrogens is 332 g/mol. The molecular formula is C19H24N4O3. The van der Waals surface area contributed by atoms with Crippen LogP contribution in [0.3, 0.4) is 0 Å². The fraction of sp³-hybridized carbons (Fsp3) is 0.421. The van der Waals surface area contributed by atoms with Gasteiger partial charge in [0.15, 0.2) is 12.3 Å². The van der Waals surface area contributed by atoms with E-state index >= 15 is 0 Å². The topological polar surface area (TPSA) is 82.2 Å².